The summed E-state index contributed by atoms with van der Waals surface area (Å²) in [5.74, 6) is -2.61. The number of hydrogen-bond donors (Lipinski definition) is 0. The average Bonchev–Trinajstić information content (AvgIpc) is 2.84. The van der Waals surface area contributed by atoms with E-state index in [1.807, 2.05) is 12.1 Å². The molecule has 0 radical (unpaired) electrons. The summed E-state index contributed by atoms with van der Waals surface area (Å²) in [5, 5.41) is 0. The highest BCUT2D eigenvalue weighted by atomic mass is 79.9. The third kappa shape index (κ3) is 3.24. The number of halogens is 3. The van der Waals surface area contributed by atoms with Gasteiger partial charge in [-0.2, -0.15) is 0 Å². The number of carbonyl (C=O) groups is 1. The fourth-order valence-electron chi connectivity index (χ4n) is 1.79. The van der Waals surface area contributed by atoms with Crippen LogP contribution in [0.3, 0.4) is 0 Å². The molecule has 2 nitrogen and oxygen atoms in total. The SMILES string of the molecule is CCN(Cc1ccc(Br)s1)C(=O)c1cccc(F)c1F. The summed E-state index contributed by atoms with van der Waals surface area (Å²) in [5.41, 5.74) is -0.234. The number of hydrogen-bond acceptors (Lipinski definition) is 2. The summed E-state index contributed by atoms with van der Waals surface area (Å²) >= 11 is 4.86. The van der Waals surface area contributed by atoms with Gasteiger partial charge in [0.1, 0.15) is 0 Å². The van der Waals surface area contributed by atoms with Crippen molar-refractivity contribution in [1.29, 1.82) is 0 Å². The zero-order chi connectivity index (χ0) is 14.7. The van der Waals surface area contributed by atoms with Crippen LogP contribution in [0.1, 0.15) is 22.2 Å². The molecule has 1 amide bonds. The normalized spacial score (nSPS) is 10.6. The molecule has 0 saturated heterocycles. The first-order chi connectivity index (χ1) is 9.52. The van der Waals surface area contributed by atoms with Gasteiger partial charge in [-0.15, -0.1) is 11.3 Å². The molecule has 0 aliphatic rings. The number of amides is 1. The summed E-state index contributed by atoms with van der Waals surface area (Å²) < 4.78 is 27.8. The molecule has 0 unspecified atom stereocenters. The predicted molar refractivity (Wildman–Crippen MR) is 78.8 cm³/mol. The van der Waals surface area contributed by atoms with Gasteiger partial charge in [0.05, 0.1) is 15.9 Å². The van der Waals surface area contributed by atoms with Crippen LogP contribution in [0.25, 0.3) is 0 Å². The predicted octanol–water partition coefficient (Wildman–Crippen LogP) is 4.45. The van der Waals surface area contributed by atoms with Crippen molar-refractivity contribution in [1.82, 2.24) is 4.90 Å². The molecule has 6 heteroatoms. The smallest absolute Gasteiger partial charge is 0.257 e. The number of carbonyl (C=O) groups excluding carboxylic acids is 1. The molecule has 1 aromatic carbocycles. The van der Waals surface area contributed by atoms with Crippen LogP contribution in [0.2, 0.25) is 0 Å². The molecule has 106 valence electrons. The molecule has 20 heavy (non-hydrogen) atoms. The second kappa shape index (κ2) is 6.45. The van der Waals surface area contributed by atoms with Crippen molar-refractivity contribution in [3.8, 4) is 0 Å². The molecular formula is C14H12BrF2NOS. The monoisotopic (exact) mass is 359 g/mol. The zero-order valence-corrected chi connectivity index (χ0v) is 13.1. The Kier molecular flexibility index (Phi) is 4.88. The van der Waals surface area contributed by atoms with E-state index in [2.05, 4.69) is 15.9 Å². The topological polar surface area (TPSA) is 20.3 Å². The quantitative estimate of drug-likeness (QED) is 0.789. The van der Waals surface area contributed by atoms with E-state index >= 15 is 0 Å². The third-order valence-corrected chi connectivity index (χ3v) is 4.43. The van der Waals surface area contributed by atoms with Gasteiger partial charge in [0.15, 0.2) is 11.6 Å². The number of thiophene rings is 1. The fourth-order valence-corrected chi connectivity index (χ4v) is 3.29. The lowest BCUT2D eigenvalue weighted by Crippen LogP contribution is -2.30. The van der Waals surface area contributed by atoms with Crippen molar-refractivity contribution >= 4 is 33.2 Å². The van der Waals surface area contributed by atoms with Crippen LogP contribution in [-0.2, 0) is 6.54 Å². The van der Waals surface area contributed by atoms with Crippen molar-refractivity contribution in [2.24, 2.45) is 0 Å². The van der Waals surface area contributed by atoms with Crippen molar-refractivity contribution in [3.63, 3.8) is 0 Å². The van der Waals surface area contributed by atoms with E-state index in [0.717, 1.165) is 14.7 Å². The molecule has 0 fully saturated rings. The van der Waals surface area contributed by atoms with E-state index in [-0.39, 0.29) is 5.56 Å². The summed E-state index contributed by atoms with van der Waals surface area (Å²) in [4.78, 5) is 14.7. The van der Waals surface area contributed by atoms with Crippen molar-refractivity contribution < 1.29 is 13.6 Å². The Bertz CT molecular complexity index is 629. The summed E-state index contributed by atoms with van der Waals surface area (Å²) in [6.45, 7) is 2.60. The maximum Gasteiger partial charge on any atom is 0.257 e. The molecule has 0 spiro atoms. The molecule has 0 aliphatic heterocycles. The van der Waals surface area contributed by atoms with E-state index in [9.17, 15) is 13.6 Å². The number of benzene rings is 1. The molecule has 0 bridgehead atoms. The minimum Gasteiger partial charge on any atom is -0.334 e. The van der Waals surface area contributed by atoms with Gasteiger partial charge in [-0.3, -0.25) is 4.79 Å². The minimum absolute atomic E-state index is 0.234. The molecule has 0 saturated carbocycles. The van der Waals surface area contributed by atoms with Crippen LogP contribution in [0.15, 0.2) is 34.1 Å². The Hall–Kier alpha value is -1.27. The Labute approximate surface area is 128 Å². The van der Waals surface area contributed by atoms with Gasteiger partial charge in [0.25, 0.3) is 5.91 Å². The largest absolute Gasteiger partial charge is 0.334 e. The maximum atomic E-state index is 13.7. The van der Waals surface area contributed by atoms with Gasteiger partial charge < -0.3 is 4.90 Å². The number of rotatable bonds is 4. The molecular weight excluding hydrogens is 348 g/mol. The second-order valence-corrected chi connectivity index (χ2v) is 6.67. The molecule has 0 aliphatic carbocycles. The highest BCUT2D eigenvalue weighted by molar-refractivity contribution is 9.11. The summed E-state index contributed by atoms with van der Waals surface area (Å²) in [7, 11) is 0. The van der Waals surface area contributed by atoms with Crippen LogP contribution < -0.4 is 0 Å². The first-order valence-corrected chi connectivity index (χ1v) is 7.61. The molecule has 2 rings (SSSR count). The van der Waals surface area contributed by atoms with Crippen LogP contribution >= 0.6 is 27.3 Å². The van der Waals surface area contributed by atoms with Gasteiger partial charge in [0, 0.05) is 11.4 Å². The standard InChI is InChI=1S/C14H12BrF2NOS/c1-2-18(8-9-6-7-12(15)20-9)14(19)10-4-3-5-11(16)13(10)17/h3-7H,2,8H2,1H3. The first kappa shape index (κ1) is 15.1. The zero-order valence-electron chi connectivity index (χ0n) is 10.7. The van der Waals surface area contributed by atoms with Gasteiger partial charge in [-0.25, -0.2) is 8.78 Å². The van der Waals surface area contributed by atoms with Crippen LogP contribution in [-0.4, -0.2) is 17.4 Å². The van der Waals surface area contributed by atoms with Crippen LogP contribution in [0.4, 0.5) is 8.78 Å². The van der Waals surface area contributed by atoms with Crippen LogP contribution in [0, 0.1) is 11.6 Å². The highest BCUT2D eigenvalue weighted by Gasteiger charge is 2.20. The van der Waals surface area contributed by atoms with Gasteiger partial charge in [-0.1, -0.05) is 6.07 Å². The molecule has 0 atom stereocenters. The molecule has 0 N–H and O–H groups in total. The molecule has 1 heterocycles. The lowest BCUT2D eigenvalue weighted by molar-refractivity contribution is 0.0748. The second-order valence-electron chi connectivity index (χ2n) is 4.13. The molecule has 2 aromatic rings. The van der Waals surface area contributed by atoms with E-state index in [0.29, 0.717) is 13.1 Å². The Morgan fingerprint density at radius 2 is 2.05 bits per heavy atom. The lowest BCUT2D eigenvalue weighted by Gasteiger charge is -2.20. The van der Waals surface area contributed by atoms with Crippen LogP contribution in [0.5, 0.6) is 0 Å². The fraction of sp³-hybridized carbons (Fsp3) is 0.214. The van der Waals surface area contributed by atoms with Crippen molar-refractivity contribution in [3.05, 3.63) is 56.2 Å². The van der Waals surface area contributed by atoms with E-state index in [1.165, 1.54) is 28.4 Å². The van der Waals surface area contributed by atoms with Crippen molar-refractivity contribution in [2.45, 2.75) is 13.5 Å². The molecule has 1 aromatic heterocycles. The summed E-state index contributed by atoms with van der Waals surface area (Å²) in [6, 6.07) is 7.42. The third-order valence-electron chi connectivity index (χ3n) is 2.83. The van der Waals surface area contributed by atoms with E-state index in [4.69, 9.17) is 0 Å². The average molecular weight is 360 g/mol. The number of nitrogens with zero attached hydrogens (tertiary/aromatic N) is 1. The Morgan fingerprint density at radius 3 is 2.65 bits per heavy atom. The highest BCUT2D eigenvalue weighted by Crippen LogP contribution is 2.24. The van der Waals surface area contributed by atoms with Gasteiger partial charge in [-0.05, 0) is 47.1 Å². The van der Waals surface area contributed by atoms with Crippen molar-refractivity contribution in [2.75, 3.05) is 6.54 Å². The minimum atomic E-state index is -1.09. The summed E-state index contributed by atoms with van der Waals surface area (Å²) in [6.07, 6.45) is 0. The Morgan fingerprint density at radius 1 is 1.30 bits per heavy atom. The first-order valence-electron chi connectivity index (χ1n) is 6.00. The van der Waals surface area contributed by atoms with E-state index < -0.39 is 17.5 Å². The van der Waals surface area contributed by atoms with Gasteiger partial charge >= 0.3 is 0 Å². The Balaban J connectivity index is 2.23. The lowest BCUT2D eigenvalue weighted by atomic mass is 10.1. The van der Waals surface area contributed by atoms with Gasteiger partial charge in [0.2, 0.25) is 0 Å². The van der Waals surface area contributed by atoms with E-state index in [1.54, 1.807) is 6.92 Å². The maximum absolute atomic E-state index is 13.7.